The highest BCUT2D eigenvalue weighted by Crippen LogP contribution is 2.28. The summed E-state index contributed by atoms with van der Waals surface area (Å²) >= 11 is 0. The van der Waals surface area contributed by atoms with E-state index in [2.05, 4.69) is 37.0 Å². The van der Waals surface area contributed by atoms with Crippen LogP contribution in [0.1, 0.15) is 62.3 Å². The number of nitriles is 1. The monoisotopic (exact) mass is 486 g/mol. The fourth-order valence-electron chi connectivity index (χ4n) is 4.65. The van der Waals surface area contributed by atoms with Gasteiger partial charge in [0.2, 0.25) is 11.9 Å². The van der Waals surface area contributed by atoms with Gasteiger partial charge in [0, 0.05) is 31.0 Å². The molecule has 0 saturated heterocycles. The van der Waals surface area contributed by atoms with Crippen molar-refractivity contribution in [3.8, 4) is 11.9 Å². The molecule has 1 aromatic carbocycles. The lowest BCUT2D eigenvalue weighted by Gasteiger charge is -2.27. The third kappa shape index (κ3) is 6.60. The number of amides is 1. The Morgan fingerprint density at radius 1 is 1.19 bits per heavy atom. The van der Waals surface area contributed by atoms with Crippen LogP contribution >= 0.6 is 0 Å². The summed E-state index contributed by atoms with van der Waals surface area (Å²) in [5.41, 5.74) is 2.51. The second kappa shape index (κ2) is 12.2. The van der Waals surface area contributed by atoms with Crippen molar-refractivity contribution in [3.05, 3.63) is 59.7 Å². The predicted octanol–water partition coefficient (Wildman–Crippen LogP) is 4.34. The second-order valence-corrected chi connectivity index (χ2v) is 9.33. The summed E-state index contributed by atoms with van der Waals surface area (Å²) in [5.74, 6) is 2.22. The van der Waals surface area contributed by atoms with Crippen LogP contribution in [0.4, 0.5) is 11.8 Å². The third-order valence-electron chi connectivity index (χ3n) is 6.60. The van der Waals surface area contributed by atoms with Gasteiger partial charge in [-0.15, -0.1) is 0 Å². The molecule has 0 unspecified atom stereocenters. The van der Waals surface area contributed by atoms with Gasteiger partial charge in [-0.3, -0.25) is 9.36 Å². The molecule has 1 fully saturated rings. The number of hydrogen-bond acceptors (Lipinski definition) is 7. The Morgan fingerprint density at radius 3 is 2.64 bits per heavy atom. The number of hydrogen-bond donors (Lipinski definition) is 3. The zero-order valence-electron chi connectivity index (χ0n) is 21.0. The standard InChI is InChI=1S/C27H34N8O/c1-3-30-27-33-24(14-25(34-27)35-18-29-16-19(35)2)32-23(13-20-7-5-4-6-8-20)26(36)31-17-22-11-9-21(15-28)10-12-22/h9-12,14,16,18,20,23H,3-8,13,17H2,1-2H3,(H,31,36)(H2,30,32,33,34)/t23-/m1/s1. The van der Waals surface area contributed by atoms with Crippen molar-refractivity contribution >= 4 is 17.7 Å². The Morgan fingerprint density at radius 2 is 1.97 bits per heavy atom. The summed E-state index contributed by atoms with van der Waals surface area (Å²) in [6.07, 6.45) is 10.2. The lowest BCUT2D eigenvalue weighted by molar-refractivity contribution is -0.122. The van der Waals surface area contributed by atoms with Crippen molar-refractivity contribution in [1.82, 2.24) is 24.8 Å². The molecule has 36 heavy (non-hydrogen) atoms. The number of aryl methyl sites for hydroxylation is 1. The van der Waals surface area contributed by atoms with Gasteiger partial charge in [0.05, 0.1) is 11.6 Å². The van der Waals surface area contributed by atoms with Crippen molar-refractivity contribution < 1.29 is 4.79 Å². The van der Waals surface area contributed by atoms with E-state index < -0.39 is 6.04 Å². The van der Waals surface area contributed by atoms with E-state index in [4.69, 9.17) is 5.26 Å². The quantitative estimate of drug-likeness (QED) is 0.390. The van der Waals surface area contributed by atoms with E-state index in [0.29, 0.717) is 42.2 Å². The second-order valence-electron chi connectivity index (χ2n) is 9.33. The van der Waals surface area contributed by atoms with Gasteiger partial charge in [0.1, 0.15) is 24.0 Å². The van der Waals surface area contributed by atoms with Crippen LogP contribution in [0.3, 0.4) is 0 Å². The van der Waals surface area contributed by atoms with Crippen LogP contribution in [0.25, 0.3) is 5.82 Å². The minimum absolute atomic E-state index is 0.0612. The van der Waals surface area contributed by atoms with Crippen molar-refractivity contribution in [2.75, 3.05) is 17.2 Å². The van der Waals surface area contributed by atoms with Crippen LogP contribution in [0, 0.1) is 24.2 Å². The number of anilines is 2. The van der Waals surface area contributed by atoms with Crippen molar-refractivity contribution in [2.24, 2.45) is 5.92 Å². The van der Waals surface area contributed by atoms with Gasteiger partial charge in [0.25, 0.3) is 0 Å². The van der Waals surface area contributed by atoms with E-state index in [1.54, 1.807) is 24.7 Å². The van der Waals surface area contributed by atoms with Gasteiger partial charge in [-0.2, -0.15) is 15.2 Å². The van der Waals surface area contributed by atoms with Crippen LogP contribution in [0.15, 0.2) is 42.9 Å². The van der Waals surface area contributed by atoms with Crippen LogP contribution < -0.4 is 16.0 Å². The summed E-state index contributed by atoms with van der Waals surface area (Å²) in [5, 5.41) is 18.7. The summed E-state index contributed by atoms with van der Waals surface area (Å²) in [6.45, 7) is 5.05. The molecule has 0 bridgehead atoms. The molecule has 3 aromatic rings. The van der Waals surface area contributed by atoms with Crippen molar-refractivity contribution in [3.63, 3.8) is 0 Å². The highest BCUT2D eigenvalue weighted by Gasteiger charge is 2.25. The van der Waals surface area contributed by atoms with E-state index in [0.717, 1.165) is 30.5 Å². The molecule has 9 nitrogen and oxygen atoms in total. The van der Waals surface area contributed by atoms with Crippen LogP contribution in [0.5, 0.6) is 0 Å². The summed E-state index contributed by atoms with van der Waals surface area (Å²) in [7, 11) is 0. The average molecular weight is 487 g/mol. The Bertz CT molecular complexity index is 1190. The topological polar surface area (TPSA) is 121 Å². The largest absolute Gasteiger partial charge is 0.358 e. The number of benzene rings is 1. The molecule has 1 amide bonds. The molecule has 0 aliphatic heterocycles. The van der Waals surface area contributed by atoms with Crippen LogP contribution in [0.2, 0.25) is 0 Å². The van der Waals surface area contributed by atoms with E-state index >= 15 is 0 Å². The normalized spacial score (nSPS) is 14.6. The Hall–Kier alpha value is -3.93. The van der Waals surface area contributed by atoms with Gasteiger partial charge >= 0.3 is 0 Å². The molecule has 0 spiro atoms. The number of imidazole rings is 1. The molecule has 2 aromatic heterocycles. The molecular formula is C27H34N8O. The maximum absolute atomic E-state index is 13.4. The van der Waals surface area contributed by atoms with Crippen molar-refractivity contribution in [2.45, 2.75) is 65.0 Å². The molecule has 1 aliphatic rings. The van der Waals surface area contributed by atoms with Crippen LogP contribution in [-0.2, 0) is 11.3 Å². The number of carbonyl (C=O) groups excluding carboxylic acids is 1. The molecular weight excluding hydrogens is 452 g/mol. The lowest BCUT2D eigenvalue weighted by atomic mass is 9.84. The summed E-state index contributed by atoms with van der Waals surface area (Å²) in [4.78, 5) is 26.9. The van der Waals surface area contributed by atoms with Gasteiger partial charge in [-0.1, -0.05) is 44.2 Å². The minimum atomic E-state index is -0.424. The van der Waals surface area contributed by atoms with Gasteiger partial charge in [-0.25, -0.2) is 4.98 Å². The molecule has 1 atom stereocenters. The molecule has 1 aliphatic carbocycles. The average Bonchev–Trinajstić information content (AvgIpc) is 3.33. The first-order chi connectivity index (χ1) is 17.6. The third-order valence-corrected chi connectivity index (χ3v) is 6.60. The Balaban J connectivity index is 1.54. The highest BCUT2D eigenvalue weighted by atomic mass is 16.2. The molecule has 0 radical (unpaired) electrons. The van der Waals surface area contributed by atoms with E-state index in [1.807, 2.05) is 36.6 Å². The van der Waals surface area contributed by atoms with Gasteiger partial charge < -0.3 is 16.0 Å². The van der Waals surface area contributed by atoms with Gasteiger partial charge in [-0.05, 0) is 43.9 Å². The first kappa shape index (κ1) is 25.2. The number of nitrogens with zero attached hydrogens (tertiary/aromatic N) is 5. The Labute approximate surface area is 212 Å². The zero-order chi connectivity index (χ0) is 25.3. The first-order valence-electron chi connectivity index (χ1n) is 12.7. The molecule has 188 valence electrons. The fraction of sp³-hybridized carbons (Fsp3) is 0.444. The number of carbonyl (C=O) groups is 1. The predicted molar refractivity (Wildman–Crippen MR) is 140 cm³/mol. The van der Waals surface area contributed by atoms with Gasteiger partial charge in [0.15, 0.2) is 0 Å². The zero-order valence-corrected chi connectivity index (χ0v) is 21.0. The summed E-state index contributed by atoms with van der Waals surface area (Å²) in [6, 6.07) is 10.8. The highest BCUT2D eigenvalue weighted by molar-refractivity contribution is 5.84. The summed E-state index contributed by atoms with van der Waals surface area (Å²) < 4.78 is 1.90. The molecule has 9 heteroatoms. The number of aromatic nitrogens is 4. The molecule has 2 heterocycles. The smallest absolute Gasteiger partial charge is 0.242 e. The number of nitrogens with one attached hydrogen (secondary N) is 3. The minimum Gasteiger partial charge on any atom is -0.358 e. The maximum atomic E-state index is 13.4. The molecule has 4 rings (SSSR count). The van der Waals surface area contributed by atoms with Crippen LogP contribution in [-0.4, -0.2) is 38.0 Å². The van der Waals surface area contributed by atoms with E-state index in [9.17, 15) is 4.79 Å². The molecule has 1 saturated carbocycles. The Kier molecular flexibility index (Phi) is 8.50. The number of rotatable bonds is 10. The molecule has 3 N–H and O–H groups in total. The van der Waals surface area contributed by atoms with E-state index in [1.165, 1.54) is 19.3 Å². The maximum Gasteiger partial charge on any atom is 0.242 e. The van der Waals surface area contributed by atoms with E-state index in [-0.39, 0.29) is 5.91 Å². The lowest BCUT2D eigenvalue weighted by Crippen LogP contribution is -2.41. The fourth-order valence-corrected chi connectivity index (χ4v) is 4.65. The van der Waals surface area contributed by atoms with Crippen molar-refractivity contribution in [1.29, 1.82) is 5.26 Å². The first-order valence-corrected chi connectivity index (χ1v) is 12.7. The SMILES string of the molecule is CCNc1nc(N[C@H](CC2CCCCC2)C(=O)NCc2ccc(C#N)cc2)cc(-n2cncc2C)n1.